The van der Waals surface area contributed by atoms with E-state index in [1.807, 2.05) is 60.7 Å². The second-order valence-corrected chi connectivity index (χ2v) is 13.1. The van der Waals surface area contributed by atoms with E-state index in [2.05, 4.69) is 16.0 Å². The molecule has 0 aliphatic rings. The molecule has 10 nitrogen and oxygen atoms in total. The van der Waals surface area contributed by atoms with Crippen molar-refractivity contribution in [2.24, 2.45) is 11.3 Å². The van der Waals surface area contributed by atoms with E-state index in [0.717, 1.165) is 16.0 Å². The molecule has 5 N–H and O–H groups in total. The van der Waals surface area contributed by atoms with Gasteiger partial charge >= 0.3 is 0 Å². The summed E-state index contributed by atoms with van der Waals surface area (Å²) in [5, 5.41) is 43.2. The summed E-state index contributed by atoms with van der Waals surface area (Å²) in [6, 6.07) is 17.1. The highest BCUT2D eigenvalue weighted by atomic mass is 16.4. The van der Waals surface area contributed by atoms with Gasteiger partial charge < -0.3 is 41.0 Å². The molecule has 0 saturated carbocycles. The van der Waals surface area contributed by atoms with E-state index < -0.39 is 59.1 Å². The molecule has 0 saturated heterocycles. The van der Waals surface area contributed by atoms with E-state index in [4.69, 9.17) is 0 Å². The highest BCUT2D eigenvalue weighted by Gasteiger charge is 2.39. The molecule has 0 aliphatic heterocycles. The largest absolute Gasteiger partial charge is 0.530 e. The average molecular weight is 598 g/mol. The van der Waals surface area contributed by atoms with Gasteiger partial charge in [0.25, 0.3) is 0 Å². The number of carbonyl (C=O) groups is 3. The van der Waals surface area contributed by atoms with Gasteiger partial charge in [-0.2, -0.15) is 0 Å². The van der Waals surface area contributed by atoms with Crippen molar-refractivity contribution in [2.75, 3.05) is 20.1 Å². The van der Waals surface area contributed by atoms with Crippen molar-refractivity contribution >= 4 is 17.9 Å². The van der Waals surface area contributed by atoms with Crippen LogP contribution in [0, 0.1) is 11.3 Å². The molecule has 0 radical (unpaired) electrons. The number of carbonyl (C=O) groups excluding carboxylic acids is 3. The number of rotatable bonds is 14. The first-order valence-corrected chi connectivity index (χ1v) is 14.7. The summed E-state index contributed by atoms with van der Waals surface area (Å²) in [4.78, 5) is 39.3. The molecule has 0 spiro atoms. The third-order valence-corrected chi connectivity index (χ3v) is 7.42. The molecule has 10 heteroatoms. The summed E-state index contributed by atoms with van der Waals surface area (Å²) in [6.45, 7) is 10.6. The minimum Gasteiger partial charge on any atom is -0.530 e. The Morgan fingerprint density at radius 1 is 0.791 bits per heavy atom. The SMILES string of the molecule is CNC(=O)C(C(=O)N[C@@H](Cc1ccccc1)[C@H](O)CNC[C@@H](O)[C@H](Cc1ccccc1)N(C(=O)[O-])C(C)(C)C)C(C)(C)C. The Bertz CT molecular complexity index is 1160. The Kier molecular flexibility index (Phi) is 13.2. The molecule has 0 fully saturated rings. The van der Waals surface area contributed by atoms with Crippen molar-refractivity contribution in [3.63, 3.8) is 0 Å². The van der Waals surface area contributed by atoms with E-state index in [9.17, 15) is 29.7 Å². The standard InChI is InChI=1S/C33H50N4O6/c1-32(2,3)28(29(40)34-7)30(41)36-24(18-22-14-10-8-11-15-22)26(38)20-35-21-27(39)25(19-23-16-12-9-13-17-23)37(31(42)43)33(4,5)6/h8-17,24-28,35,38-39H,18-21H2,1-7H3,(H,34,40)(H,36,41)(H,42,43)/p-1/t24-,25-,26+,27+,28?/m0/s1. The van der Waals surface area contributed by atoms with Crippen LogP contribution in [0.25, 0.3) is 0 Å². The predicted molar refractivity (Wildman–Crippen MR) is 165 cm³/mol. The third kappa shape index (κ3) is 10.9. The molecule has 1 unspecified atom stereocenters. The summed E-state index contributed by atoms with van der Waals surface area (Å²) in [7, 11) is 1.48. The third-order valence-electron chi connectivity index (χ3n) is 7.42. The first-order chi connectivity index (χ1) is 20.1. The van der Waals surface area contributed by atoms with Gasteiger partial charge in [0.2, 0.25) is 11.8 Å². The highest BCUT2D eigenvalue weighted by Crippen LogP contribution is 2.27. The Morgan fingerprint density at radius 3 is 1.72 bits per heavy atom. The van der Waals surface area contributed by atoms with Crippen molar-refractivity contribution < 1.29 is 29.7 Å². The maximum atomic E-state index is 13.4. The summed E-state index contributed by atoms with van der Waals surface area (Å²) in [5.74, 6) is -1.89. The summed E-state index contributed by atoms with van der Waals surface area (Å²) in [5.41, 5.74) is 0.243. The lowest BCUT2D eigenvalue weighted by molar-refractivity contribution is -0.275. The van der Waals surface area contributed by atoms with E-state index in [-0.39, 0.29) is 19.5 Å². The van der Waals surface area contributed by atoms with E-state index in [0.29, 0.717) is 6.42 Å². The molecule has 238 valence electrons. The van der Waals surface area contributed by atoms with Crippen molar-refractivity contribution in [1.29, 1.82) is 0 Å². The van der Waals surface area contributed by atoms with Gasteiger partial charge in [-0.25, -0.2) is 0 Å². The predicted octanol–water partition coefficient (Wildman–Crippen LogP) is 1.49. The molecule has 0 bridgehead atoms. The summed E-state index contributed by atoms with van der Waals surface area (Å²) in [6.07, 6.45) is -3.04. The lowest BCUT2D eigenvalue weighted by atomic mass is 9.79. The maximum Gasteiger partial charge on any atom is 0.233 e. The molecule has 0 heterocycles. The number of benzene rings is 2. The molecule has 2 aromatic carbocycles. The van der Waals surface area contributed by atoms with Crippen LogP contribution in [0.1, 0.15) is 52.7 Å². The Balaban J connectivity index is 2.22. The first kappa shape index (κ1) is 35.7. The quantitative estimate of drug-likeness (QED) is 0.207. The molecule has 0 aliphatic carbocycles. The zero-order valence-corrected chi connectivity index (χ0v) is 26.5. The van der Waals surface area contributed by atoms with Crippen molar-refractivity contribution in [3.8, 4) is 0 Å². The number of hydrogen-bond acceptors (Lipinski definition) is 7. The number of nitrogens with zero attached hydrogens (tertiary/aromatic N) is 1. The lowest BCUT2D eigenvalue weighted by Gasteiger charge is -2.45. The van der Waals surface area contributed by atoms with Crippen molar-refractivity contribution in [1.82, 2.24) is 20.9 Å². The minimum atomic E-state index is -1.39. The van der Waals surface area contributed by atoms with Crippen LogP contribution in [0.5, 0.6) is 0 Å². The van der Waals surface area contributed by atoms with Gasteiger partial charge in [-0.05, 0) is 50.2 Å². The molecule has 0 aromatic heterocycles. The molecule has 5 atom stereocenters. The minimum absolute atomic E-state index is 0.00606. The number of aliphatic hydroxyl groups is 2. The van der Waals surface area contributed by atoms with Crippen LogP contribution in [0.4, 0.5) is 4.79 Å². The van der Waals surface area contributed by atoms with Crippen LogP contribution in [0.2, 0.25) is 0 Å². The van der Waals surface area contributed by atoms with E-state index in [1.165, 1.54) is 7.05 Å². The van der Waals surface area contributed by atoms with Gasteiger partial charge in [-0.1, -0.05) is 81.4 Å². The van der Waals surface area contributed by atoms with Crippen molar-refractivity contribution in [3.05, 3.63) is 71.8 Å². The number of nitrogens with one attached hydrogen (secondary N) is 3. The van der Waals surface area contributed by atoms with E-state index >= 15 is 0 Å². The Labute approximate surface area is 255 Å². The van der Waals surface area contributed by atoms with Gasteiger partial charge in [-0.3, -0.25) is 9.59 Å². The topological polar surface area (TPSA) is 154 Å². The van der Waals surface area contributed by atoms with Gasteiger partial charge in [0.1, 0.15) is 12.0 Å². The maximum absolute atomic E-state index is 13.4. The summed E-state index contributed by atoms with van der Waals surface area (Å²) >= 11 is 0. The molecule has 2 aromatic rings. The smallest absolute Gasteiger partial charge is 0.233 e. The van der Waals surface area contributed by atoms with Gasteiger partial charge in [0.15, 0.2) is 0 Å². The zero-order valence-electron chi connectivity index (χ0n) is 26.5. The lowest BCUT2D eigenvalue weighted by Crippen LogP contribution is -2.62. The molecule has 3 amide bonds. The highest BCUT2D eigenvalue weighted by molar-refractivity contribution is 6.01. The Morgan fingerprint density at radius 2 is 1.28 bits per heavy atom. The number of hydrogen-bond donors (Lipinski definition) is 5. The van der Waals surface area contributed by atoms with Crippen LogP contribution in [0.3, 0.4) is 0 Å². The normalized spacial score (nSPS) is 15.5. The Hall–Kier alpha value is -3.47. The van der Waals surface area contributed by atoms with Gasteiger partial charge in [-0.15, -0.1) is 0 Å². The van der Waals surface area contributed by atoms with Crippen LogP contribution in [-0.2, 0) is 22.4 Å². The fraction of sp³-hybridized carbons (Fsp3) is 0.545. The second kappa shape index (κ2) is 15.8. The number of carboxylic acid groups (broad SMARTS) is 1. The first-order valence-electron chi connectivity index (χ1n) is 14.7. The molecular formula is C33H49N4O6-. The van der Waals surface area contributed by atoms with Crippen LogP contribution in [-0.4, -0.2) is 83.0 Å². The van der Waals surface area contributed by atoms with Crippen LogP contribution in [0.15, 0.2) is 60.7 Å². The fourth-order valence-electron chi connectivity index (χ4n) is 5.29. The number of aliphatic hydroxyl groups excluding tert-OH is 2. The summed E-state index contributed by atoms with van der Waals surface area (Å²) < 4.78 is 0. The van der Waals surface area contributed by atoms with Crippen LogP contribution < -0.4 is 21.1 Å². The molecular weight excluding hydrogens is 548 g/mol. The monoisotopic (exact) mass is 597 g/mol. The fourth-order valence-corrected chi connectivity index (χ4v) is 5.29. The average Bonchev–Trinajstić information content (AvgIpc) is 2.91. The van der Waals surface area contributed by atoms with E-state index in [1.54, 1.807) is 41.5 Å². The van der Waals surface area contributed by atoms with Crippen molar-refractivity contribution in [2.45, 2.75) is 84.2 Å². The zero-order chi connectivity index (χ0) is 32.4. The second-order valence-electron chi connectivity index (χ2n) is 13.1. The molecule has 2 rings (SSSR count). The molecule has 43 heavy (non-hydrogen) atoms. The number of amides is 3. The van der Waals surface area contributed by atoms with Gasteiger partial charge in [0, 0.05) is 25.7 Å². The van der Waals surface area contributed by atoms with Gasteiger partial charge in [0.05, 0.1) is 24.3 Å². The van der Waals surface area contributed by atoms with Crippen LogP contribution >= 0.6 is 0 Å².